The molecule has 134 valence electrons. The number of benzene rings is 1. The van der Waals surface area contributed by atoms with Crippen LogP contribution < -0.4 is 10.6 Å². The minimum atomic E-state index is -1.35. The topological polar surface area (TPSA) is 115 Å². The van der Waals surface area contributed by atoms with E-state index < -0.39 is 17.4 Å². The highest BCUT2D eigenvalue weighted by Crippen LogP contribution is 2.45. The van der Waals surface area contributed by atoms with Gasteiger partial charge in [-0.2, -0.15) is 5.26 Å². The number of rotatable bonds is 5. The molecule has 3 rings (SSSR count). The number of aliphatic hydroxyl groups is 1. The number of furan rings is 1. The molecule has 8 heteroatoms. The van der Waals surface area contributed by atoms with Crippen molar-refractivity contribution >= 4 is 29.1 Å². The summed E-state index contributed by atoms with van der Waals surface area (Å²) in [5.74, 6) is -1.57. The van der Waals surface area contributed by atoms with Gasteiger partial charge in [-0.15, -0.1) is 0 Å². The van der Waals surface area contributed by atoms with Crippen molar-refractivity contribution in [1.29, 1.82) is 5.26 Å². The molecule has 1 aliphatic rings. The summed E-state index contributed by atoms with van der Waals surface area (Å²) in [5.41, 5.74) is -1.03. The summed E-state index contributed by atoms with van der Waals surface area (Å²) in [6.07, 6.45) is 3.07. The Morgan fingerprint density at radius 2 is 2.12 bits per heavy atom. The Morgan fingerprint density at radius 3 is 2.73 bits per heavy atom. The lowest BCUT2D eigenvalue weighted by Crippen LogP contribution is -2.45. The molecule has 1 heterocycles. The van der Waals surface area contributed by atoms with Crippen molar-refractivity contribution < 1.29 is 19.1 Å². The Labute approximate surface area is 154 Å². The molecule has 1 atom stereocenters. The number of carbonyl (C=O) groups is 2. The summed E-state index contributed by atoms with van der Waals surface area (Å²) >= 11 is 5.85. The van der Waals surface area contributed by atoms with Gasteiger partial charge in [-0.1, -0.05) is 11.6 Å². The minimum Gasteiger partial charge on any atom is -0.466 e. The van der Waals surface area contributed by atoms with Crippen LogP contribution in [0.3, 0.4) is 0 Å². The van der Waals surface area contributed by atoms with Crippen LogP contribution in [0.1, 0.15) is 24.2 Å². The standard InChI is InChI=1S/C18H16ClN3O4/c19-13-6-3-11(9-20)14(8-13)22-17(24)16(23)21-10-18(25,12-4-5-12)15-2-1-7-26-15/h1-3,6-8,12,25H,4-5,10H2,(H,21,23)(H,22,24). The van der Waals surface area contributed by atoms with Gasteiger partial charge >= 0.3 is 11.8 Å². The maximum Gasteiger partial charge on any atom is 0.313 e. The summed E-state index contributed by atoms with van der Waals surface area (Å²) in [7, 11) is 0. The zero-order valence-corrected chi connectivity index (χ0v) is 14.4. The highest BCUT2D eigenvalue weighted by Gasteiger charge is 2.47. The number of amides is 2. The van der Waals surface area contributed by atoms with Crippen LogP contribution in [0.5, 0.6) is 0 Å². The van der Waals surface area contributed by atoms with Gasteiger partial charge in [-0.25, -0.2) is 0 Å². The molecular weight excluding hydrogens is 358 g/mol. The Hall–Kier alpha value is -2.82. The van der Waals surface area contributed by atoms with E-state index in [0.29, 0.717) is 10.8 Å². The molecule has 2 amide bonds. The molecule has 1 aromatic carbocycles. The smallest absolute Gasteiger partial charge is 0.313 e. The van der Waals surface area contributed by atoms with E-state index in [-0.39, 0.29) is 23.7 Å². The van der Waals surface area contributed by atoms with E-state index in [0.717, 1.165) is 12.8 Å². The van der Waals surface area contributed by atoms with Crippen LogP contribution in [0.15, 0.2) is 41.0 Å². The van der Waals surface area contributed by atoms with Gasteiger partial charge in [-0.3, -0.25) is 9.59 Å². The Bertz CT molecular complexity index is 871. The number of hydrogen-bond acceptors (Lipinski definition) is 5. The molecule has 1 fully saturated rings. The average molecular weight is 374 g/mol. The van der Waals surface area contributed by atoms with Gasteiger partial charge in [0.1, 0.15) is 17.4 Å². The highest BCUT2D eigenvalue weighted by atomic mass is 35.5. The quantitative estimate of drug-likeness (QED) is 0.694. The largest absolute Gasteiger partial charge is 0.466 e. The molecule has 1 aliphatic carbocycles. The van der Waals surface area contributed by atoms with Crippen molar-refractivity contribution in [3.8, 4) is 6.07 Å². The lowest BCUT2D eigenvalue weighted by atomic mass is 9.94. The van der Waals surface area contributed by atoms with Gasteiger partial charge in [0.25, 0.3) is 0 Å². The van der Waals surface area contributed by atoms with Crippen molar-refractivity contribution in [3.63, 3.8) is 0 Å². The Kier molecular flexibility index (Phi) is 4.98. The number of nitrogens with zero attached hydrogens (tertiary/aromatic N) is 1. The molecule has 26 heavy (non-hydrogen) atoms. The van der Waals surface area contributed by atoms with E-state index in [9.17, 15) is 14.7 Å². The molecule has 0 radical (unpaired) electrons. The fourth-order valence-corrected chi connectivity index (χ4v) is 2.88. The van der Waals surface area contributed by atoms with Crippen molar-refractivity contribution in [3.05, 3.63) is 52.9 Å². The van der Waals surface area contributed by atoms with Crippen molar-refractivity contribution in [2.45, 2.75) is 18.4 Å². The van der Waals surface area contributed by atoms with E-state index in [1.54, 1.807) is 12.1 Å². The number of nitriles is 1. The second-order valence-corrected chi connectivity index (χ2v) is 6.55. The molecular formula is C18H16ClN3O4. The maximum atomic E-state index is 12.1. The second kappa shape index (κ2) is 7.20. The van der Waals surface area contributed by atoms with Gasteiger partial charge in [0.2, 0.25) is 0 Å². The van der Waals surface area contributed by atoms with E-state index in [1.165, 1.54) is 24.5 Å². The highest BCUT2D eigenvalue weighted by molar-refractivity contribution is 6.40. The fourth-order valence-electron chi connectivity index (χ4n) is 2.71. The predicted octanol–water partition coefficient (Wildman–Crippen LogP) is 2.16. The summed E-state index contributed by atoms with van der Waals surface area (Å²) in [6.45, 7) is -0.155. The van der Waals surface area contributed by atoms with E-state index in [2.05, 4.69) is 10.6 Å². The molecule has 0 bridgehead atoms. The van der Waals surface area contributed by atoms with Crippen molar-refractivity contribution in [2.24, 2.45) is 5.92 Å². The monoisotopic (exact) mass is 373 g/mol. The van der Waals surface area contributed by atoms with Crippen LogP contribution in [0.25, 0.3) is 0 Å². The number of hydrogen-bond donors (Lipinski definition) is 3. The third-order valence-electron chi connectivity index (χ3n) is 4.28. The first-order chi connectivity index (χ1) is 12.4. The summed E-state index contributed by atoms with van der Waals surface area (Å²) in [5, 5.41) is 25.0. The average Bonchev–Trinajstić information content (AvgIpc) is 3.34. The molecule has 1 unspecified atom stereocenters. The molecule has 1 saturated carbocycles. The van der Waals surface area contributed by atoms with Crippen LogP contribution in [-0.4, -0.2) is 23.5 Å². The Balaban J connectivity index is 1.66. The minimum absolute atomic E-state index is 0.0323. The van der Waals surface area contributed by atoms with Gasteiger partial charge in [0.15, 0.2) is 0 Å². The van der Waals surface area contributed by atoms with Crippen molar-refractivity contribution in [1.82, 2.24) is 5.32 Å². The van der Waals surface area contributed by atoms with Crippen LogP contribution in [-0.2, 0) is 15.2 Å². The zero-order valence-electron chi connectivity index (χ0n) is 13.7. The van der Waals surface area contributed by atoms with Crippen LogP contribution in [0.2, 0.25) is 5.02 Å². The first-order valence-corrected chi connectivity index (χ1v) is 8.37. The second-order valence-electron chi connectivity index (χ2n) is 6.11. The predicted molar refractivity (Wildman–Crippen MR) is 93.1 cm³/mol. The summed E-state index contributed by atoms with van der Waals surface area (Å²) in [4.78, 5) is 24.2. The molecule has 2 aromatic rings. The molecule has 0 aliphatic heterocycles. The number of carbonyl (C=O) groups excluding carboxylic acids is 2. The lowest BCUT2D eigenvalue weighted by molar-refractivity contribution is -0.137. The van der Waals surface area contributed by atoms with Gasteiger partial charge in [-0.05, 0) is 49.1 Å². The Morgan fingerprint density at radius 1 is 1.35 bits per heavy atom. The van der Waals surface area contributed by atoms with E-state index in [1.807, 2.05) is 6.07 Å². The molecule has 0 saturated heterocycles. The molecule has 7 nitrogen and oxygen atoms in total. The first-order valence-electron chi connectivity index (χ1n) is 7.99. The number of anilines is 1. The van der Waals surface area contributed by atoms with Gasteiger partial charge in [0.05, 0.1) is 24.1 Å². The van der Waals surface area contributed by atoms with E-state index >= 15 is 0 Å². The van der Waals surface area contributed by atoms with E-state index in [4.69, 9.17) is 21.3 Å². The summed E-state index contributed by atoms with van der Waals surface area (Å²) < 4.78 is 5.28. The third kappa shape index (κ3) is 3.72. The molecule has 1 aromatic heterocycles. The number of halogens is 1. The molecule has 3 N–H and O–H groups in total. The van der Waals surface area contributed by atoms with Crippen molar-refractivity contribution in [2.75, 3.05) is 11.9 Å². The third-order valence-corrected chi connectivity index (χ3v) is 4.51. The van der Waals surface area contributed by atoms with Gasteiger partial charge in [0, 0.05) is 5.02 Å². The normalized spacial score (nSPS) is 15.6. The fraction of sp³-hybridized carbons (Fsp3) is 0.278. The van der Waals surface area contributed by atoms with Crippen LogP contribution in [0, 0.1) is 17.2 Å². The van der Waals surface area contributed by atoms with Gasteiger partial charge < -0.3 is 20.2 Å². The zero-order chi connectivity index (χ0) is 18.7. The maximum absolute atomic E-state index is 12.1. The lowest BCUT2D eigenvalue weighted by Gasteiger charge is -2.26. The van der Waals surface area contributed by atoms with Crippen LogP contribution in [0.4, 0.5) is 5.69 Å². The molecule has 0 spiro atoms. The summed E-state index contributed by atoms with van der Waals surface area (Å²) in [6, 6.07) is 9.53. The van der Waals surface area contributed by atoms with Crippen LogP contribution >= 0.6 is 11.6 Å². The number of nitrogens with one attached hydrogen (secondary N) is 2. The SMILES string of the molecule is N#Cc1ccc(Cl)cc1NC(=O)C(=O)NCC(O)(c1ccco1)C1CC1. The first kappa shape index (κ1) is 18.0.